The van der Waals surface area contributed by atoms with E-state index in [1.807, 2.05) is 25.7 Å². The Kier molecular flexibility index (Phi) is 4.68. The first-order valence-electron chi connectivity index (χ1n) is 10.9. The second-order valence-corrected chi connectivity index (χ2v) is 11.1. The Morgan fingerprint density at radius 2 is 1.90 bits per heavy atom. The number of hydrogen-bond acceptors (Lipinski definition) is 5. The molecule has 1 saturated carbocycles. The lowest BCUT2D eigenvalue weighted by Crippen LogP contribution is -2.64. The van der Waals surface area contributed by atoms with Crippen LogP contribution in [0.15, 0.2) is 6.07 Å². The first-order valence-corrected chi connectivity index (χ1v) is 10.9. The number of carbonyl (C=O) groups is 1. The minimum absolute atomic E-state index is 0.0913. The van der Waals surface area contributed by atoms with Crippen molar-refractivity contribution in [1.82, 2.24) is 14.7 Å². The molecule has 0 bridgehead atoms. The predicted octanol–water partition coefficient (Wildman–Crippen LogP) is 3.50. The zero-order chi connectivity index (χ0) is 21.2. The fourth-order valence-corrected chi connectivity index (χ4v) is 5.36. The molecule has 2 saturated heterocycles. The van der Waals surface area contributed by atoms with Crippen LogP contribution in [0.1, 0.15) is 72.0 Å². The molecule has 0 aromatic carbocycles. The molecular formula is C22H36N4O3. The molecular weight excluding hydrogens is 368 g/mol. The largest absolute Gasteiger partial charge is 0.444 e. The summed E-state index contributed by atoms with van der Waals surface area (Å²) < 4.78 is 7.66. The predicted molar refractivity (Wildman–Crippen MR) is 112 cm³/mol. The van der Waals surface area contributed by atoms with Crippen molar-refractivity contribution in [2.45, 2.75) is 90.5 Å². The van der Waals surface area contributed by atoms with Crippen LogP contribution in [-0.2, 0) is 4.74 Å². The van der Waals surface area contributed by atoms with Crippen molar-refractivity contribution in [3.63, 3.8) is 0 Å². The summed E-state index contributed by atoms with van der Waals surface area (Å²) in [5.41, 5.74) is 0.897. The summed E-state index contributed by atoms with van der Waals surface area (Å²) in [7, 11) is 0. The topological polar surface area (TPSA) is 70.8 Å². The maximum absolute atomic E-state index is 12.2. The molecule has 1 aromatic heterocycles. The Balaban J connectivity index is 1.36. The number of piperidine rings is 1. The van der Waals surface area contributed by atoms with Crippen LogP contribution in [0.3, 0.4) is 0 Å². The van der Waals surface area contributed by atoms with Gasteiger partial charge in [0.25, 0.3) is 0 Å². The first-order chi connectivity index (χ1) is 13.4. The summed E-state index contributed by atoms with van der Waals surface area (Å²) in [6, 6.07) is 2.58. The van der Waals surface area contributed by atoms with Crippen molar-refractivity contribution < 1.29 is 14.6 Å². The van der Waals surface area contributed by atoms with Gasteiger partial charge in [-0.2, -0.15) is 5.10 Å². The molecule has 1 aliphatic carbocycles. The molecule has 4 rings (SSSR count). The molecule has 1 amide bonds. The van der Waals surface area contributed by atoms with Gasteiger partial charge in [-0.05, 0) is 67.2 Å². The van der Waals surface area contributed by atoms with Gasteiger partial charge in [0.05, 0.1) is 12.1 Å². The quantitative estimate of drug-likeness (QED) is 0.817. The SMILES string of the molecule is Cc1cc(N2CC[C@H](O)CC2(C)C)nn1C1CC2(C1)CN(C(=O)OC(C)(C)C)C2. The number of aryl methyl sites for hydroxylation is 1. The number of carbonyl (C=O) groups excluding carboxylic acids is 1. The Morgan fingerprint density at radius 3 is 2.48 bits per heavy atom. The van der Waals surface area contributed by atoms with Crippen molar-refractivity contribution >= 4 is 11.9 Å². The van der Waals surface area contributed by atoms with E-state index in [4.69, 9.17) is 9.84 Å². The minimum Gasteiger partial charge on any atom is -0.444 e. The fraction of sp³-hybridized carbons (Fsp3) is 0.818. The number of aromatic nitrogens is 2. The van der Waals surface area contributed by atoms with Crippen LogP contribution in [0, 0.1) is 12.3 Å². The number of aliphatic hydroxyl groups excluding tert-OH is 1. The van der Waals surface area contributed by atoms with E-state index in [-0.39, 0.29) is 23.2 Å². The van der Waals surface area contributed by atoms with Crippen LogP contribution in [0.5, 0.6) is 0 Å². The smallest absolute Gasteiger partial charge is 0.410 e. The molecule has 7 nitrogen and oxygen atoms in total. The average Bonchev–Trinajstić information content (AvgIpc) is 2.82. The molecule has 1 atom stereocenters. The van der Waals surface area contributed by atoms with E-state index >= 15 is 0 Å². The number of nitrogens with zero attached hydrogens (tertiary/aromatic N) is 4. The standard InChI is InChI=1S/C22H36N4O3/c1-15-9-18(25-8-7-17(27)12-21(25,5)6)23-26(15)16-10-22(11-16)13-24(14-22)19(28)29-20(2,3)4/h9,16-17,27H,7-8,10-14H2,1-6H3/t17-/m0/s1. The molecule has 3 heterocycles. The number of likely N-dealkylation sites (tertiary alicyclic amines) is 1. The van der Waals surface area contributed by atoms with Crippen LogP contribution in [0.2, 0.25) is 0 Å². The van der Waals surface area contributed by atoms with Crippen LogP contribution >= 0.6 is 0 Å². The zero-order valence-corrected chi connectivity index (χ0v) is 18.7. The van der Waals surface area contributed by atoms with Crippen LogP contribution in [0.4, 0.5) is 10.6 Å². The Labute approximate surface area is 174 Å². The molecule has 1 N–H and O–H groups in total. The average molecular weight is 405 g/mol. The summed E-state index contributed by atoms with van der Waals surface area (Å²) in [5, 5.41) is 15.0. The first kappa shape index (κ1) is 20.5. The van der Waals surface area contributed by atoms with E-state index in [0.717, 1.165) is 51.1 Å². The number of aliphatic hydroxyl groups is 1. The van der Waals surface area contributed by atoms with Crippen LogP contribution in [-0.4, -0.2) is 62.8 Å². The number of anilines is 1. The molecule has 1 aromatic rings. The van der Waals surface area contributed by atoms with Gasteiger partial charge in [-0.15, -0.1) is 0 Å². The molecule has 29 heavy (non-hydrogen) atoms. The van der Waals surface area contributed by atoms with E-state index in [1.54, 1.807) is 0 Å². The molecule has 3 aliphatic rings. The minimum atomic E-state index is -0.442. The summed E-state index contributed by atoms with van der Waals surface area (Å²) >= 11 is 0. The molecule has 1 spiro atoms. The van der Waals surface area contributed by atoms with Gasteiger partial charge >= 0.3 is 6.09 Å². The van der Waals surface area contributed by atoms with Crippen LogP contribution in [0.25, 0.3) is 0 Å². The van der Waals surface area contributed by atoms with Gasteiger partial charge in [0.15, 0.2) is 5.82 Å². The summed E-state index contributed by atoms with van der Waals surface area (Å²) in [5.74, 6) is 1.02. The highest BCUT2D eigenvalue weighted by atomic mass is 16.6. The van der Waals surface area contributed by atoms with Crippen molar-refractivity contribution in [2.24, 2.45) is 5.41 Å². The van der Waals surface area contributed by atoms with Crippen molar-refractivity contribution in [3.05, 3.63) is 11.8 Å². The van der Waals surface area contributed by atoms with Crippen molar-refractivity contribution in [1.29, 1.82) is 0 Å². The van der Waals surface area contributed by atoms with Gasteiger partial charge in [0.2, 0.25) is 0 Å². The molecule has 162 valence electrons. The maximum Gasteiger partial charge on any atom is 0.410 e. The second kappa shape index (κ2) is 6.62. The molecule has 0 radical (unpaired) electrons. The van der Waals surface area contributed by atoms with Crippen molar-refractivity contribution in [3.8, 4) is 0 Å². The van der Waals surface area contributed by atoms with Crippen molar-refractivity contribution in [2.75, 3.05) is 24.5 Å². The highest BCUT2D eigenvalue weighted by Gasteiger charge is 2.55. The van der Waals surface area contributed by atoms with E-state index in [0.29, 0.717) is 6.04 Å². The molecule has 2 aliphatic heterocycles. The van der Waals surface area contributed by atoms with E-state index in [9.17, 15) is 9.90 Å². The molecule has 7 heteroatoms. The van der Waals surface area contributed by atoms with Gasteiger partial charge in [-0.3, -0.25) is 4.68 Å². The Morgan fingerprint density at radius 1 is 1.24 bits per heavy atom. The highest BCUT2D eigenvalue weighted by Crippen LogP contribution is 2.54. The zero-order valence-electron chi connectivity index (χ0n) is 18.7. The fourth-order valence-electron chi connectivity index (χ4n) is 5.36. The normalized spacial score (nSPS) is 26.2. The Hall–Kier alpha value is -1.76. The van der Waals surface area contributed by atoms with E-state index < -0.39 is 5.60 Å². The second-order valence-electron chi connectivity index (χ2n) is 11.1. The van der Waals surface area contributed by atoms with E-state index in [2.05, 4.69) is 36.4 Å². The summed E-state index contributed by atoms with van der Waals surface area (Å²) in [6.07, 6.45) is 3.28. The third-order valence-corrected chi connectivity index (χ3v) is 6.73. The summed E-state index contributed by atoms with van der Waals surface area (Å²) in [4.78, 5) is 16.4. The molecule has 0 unspecified atom stereocenters. The van der Waals surface area contributed by atoms with E-state index in [1.165, 1.54) is 5.69 Å². The molecule has 3 fully saturated rings. The number of rotatable bonds is 2. The van der Waals surface area contributed by atoms with Gasteiger partial charge in [0, 0.05) is 42.3 Å². The third-order valence-electron chi connectivity index (χ3n) is 6.73. The number of ether oxygens (including phenoxy) is 1. The Bertz CT molecular complexity index is 780. The highest BCUT2D eigenvalue weighted by molar-refractivity contribution is 5.69. The lowest BCUT2D eigenvalue weighted by atomic mass is 9.61. The summed E-state index contributed by atoms with van der Waals surface area (Å²) in [6.45, 7) is 14.6. The monoisotopic (exact) mass is 404 g/mol. The maximum atomic E-state index is 12.2. The third kappa shape index (κ3) is 3.86. The van der Waals surface area contributed by atoms with Gasteiger partial charge in [-0.25, -0.2) is 4.79 Å². The lowest BCUT2D eigenvalue weighted by molar-refractivity contribution is -0.0930. The number of hydrogen-bond donors (Lipinski definition) is 1. The van der Waals surface area contributed by atoms with Crippen LogP contribution < -0.4 is 4.90 Å². The lowest BCUT2D eigenvalue weighted by Gasteiger charge is -2.58. The number of amides is 1. The van der Waals surface area contributed by atoms with Gasteiger partial charge in [0.1, 0.15) is 5.60 Å². The van der Waals surface area contributed by atoms with Gasteiger partial charge in [-0.1, -0.05) is 0 Å². The van der Waals surface area contributed by atoms with Gasteiger partial charge < -0.3 is 19.6 Å².